The van der Waals surface area contributed by atoms with Gasteiger partial charge in [-0.2, -0.15) is 0 Å². The second-order valence-electron chi connectivity index (χ2n) is 4.63. The van der Waals surface area contributed by atoms with Gasteiger partial charge in [-0.1, -0.05) is 0 Å². The van der Waals surface area contributed by atoms with Crippen LogP contribution in [0, 0.1) is 0 Å². The summed E-state index contributed by atoms with van der Waals surface area (Å²) >= 11 is 5.70. The fourth-order valence-electron chi connectivity index (χ4n) is 1.86. The Hall–Kier alpha value is -0.330. The standard InChI is InChI=1S/C10H19ClN2O3S/c1-7(2)12-17(15,16)9-4-5-13(6-9)10(14)8(3)11/h7-9,12H,4-6H2,1-3H3. The summed E-state index contributed by atoms with van der Waals surface area (Å²) in [7, 11) is -3.34. The Bertz CT molecular complexity index is 381. The fourth-order valence-corrected chi connectivity index (χ4v) is 3.64. The van der Waals surface area contributed by atoms with E-state index < -0.39 is 20.7 Å². The van der Waals surface area contributed by atoms with Crippen molar-refractivity contribution in [3.63, 3.8) is 0 Å². The van der Waals surface area contributed by atoms with Gasteiger partial charge in [0, 0.05) is 19.1 Å². The van der Waals surface area contributed by atoms with Crippen LogP contribution < -0.4 is 4.72 Å². The number of hydrogen-bond acceptors (Lipinski definition) is 3. The van der Waals surface area contributed by atoms with Gasteiger partial charge in [0.25, 0.3) is 0 Å². The molecule has 2 atom stereocenters. The summed E-state index contributed by atoms with van der Waals surface area (Å²) in [5, 5.41) is -1.13. The summed E-state index contributed by atoms with van der Waals surface area (Å²) in [5.41, 5.74) is 0. The van der Waals surface area contributed by atoms with Crippen LogP contribution in [0.5, 0.6) is 0 Å². The second kappa shape index (κ2) is 5.54. The van der Waals surface area contributed by atoms with Crippen molar-refractivity contribution >= 4 is 27.5 Å². The number of nitrogens with zero attached hydrogens (tertiary/aromatic N) is 1. The van der Waals surface area contributed by atoms with Crippen molar-refractivity contribution < 1.29 is 13.2 Å². The predicted octanol–water partition coefficient (Wildman–Crippen LogP) is 0.542. The number of halogens is 1. The molecule has 0 aliphatic carbocycles. The van der Waals surface area contributed by atoms with Crippen LogP contribution in [0.4, 0.5) is 0 Å². The first-order valence-electron chi connectivity index (χ1n) is 5.68. The molecule has 1 saturated heterocycles. The highest BCUT2D eigenvalue weighted by Crippen LogP contribution is 2.18. The highest BCUT2D eigenvalue weighted by molar-refractivity contribution is 7.90. The van der Waals surface area contributed by atoms with Crippen LogP contribution in [0.15, 0.2) is 0 Å². The molecule has 7 heteroatoms. The van der Waals surface area contributed by atoms with Gasteiger partial charge in [0.15, 0.2) is 0 Å². The molecule has 100 valence electrons. The number of nitrogens with one attached hydrogen (secondary N) is 1. The van der Waals surface area contributed by atoms with Crippen LogP contribution in [0.1, 0.15) is 27.2 Å². The van der Waals surface area contributed by atoms with E-state index in [0.717, 1.165) is 0 Å². The summed E-state index contributed by atoms with van der Waals surface area (Å²) < 4.78 is 26.3. The fraction of sp³-hybridized carbons (Fsp3) is 0.900. The molecule has 0 saturated carbocycles. The smallest absolute Gasteiger partial charge is 0.240 e. The van der Waals surface area contributed by atoms with Crippen molar-refractivity contribution in [1.82, 2.24) is 9.62 Å². The van der Waals surface area contributed by atoms with Crippen LogP contribution in [0.3, 0.4) is 0 Å². The molecule has 1 heterocycles. The van der Waals surface area contributed by atoms with Gasteiger partial charge in [0.05, 0.1) is 5.25 Å². The molecule has 2 unspecified atom stereocenters. The van der Waals surface area contributed by atoms with E-state index in [1.54, 1.807) is 20.8 Å². The van der Waals surface area contributed by atoms with Crippen molar-refractivity contribution in [2.24, 2.45) is 0 Å². The number of hydrogen-bond donors (Lipinski definition) is 1. The highest BCUT2D eigenvalue weighted by Gasteiger charge is 2.36. The second-order valence-corrected chi connectivity index (χ2v) is 7.28. The Kier molecular flexibility index (Phi) is 4.80. The van der Waals surface area contributed by atoms with Crippen molar-refractivity contribution in [2.45, 2.75) is 43.9 Å². The van der Waals surface area contributed by atoms with Gasteiger partial charge in [-0.15, -0.1) is 11.6 Å². The largest absolute Gasteiger partial charge is 0.340 e. The Labute approximate surface area is 108 Å². The molecule has 0 aromatic heterocycles. The number of likely N-dealkylation sites (tertiary alicyclic amines) is 1. The molecule has 0 aromatic carbocycles. The summed E-state index contributed by atoms with van der Waals surface area (Å²) in [4.78, 5) is 13.1. The van der Waals surface area contributed by atoms with E-state index in [9.17, 15) is 13.2 Å². The number of amides is 1. The molecule has 1 amide bonds. The van der Waals surface area contributed by atoms with Gasteiger partial charge in [0.1, 0.15) is 5.38 Å². The molecule has 0 spiro atoms. The van der Waals surface area contributed by atoms with Crippen LogP contribution in [-0.4, -0.2) is 49.0 Å². The summed E-state index contributed by atoms with van der Waals surface area (Å²) in [6.45, 7) is 5.84. The Morgan fingerprint density at radius 3 is 2.47 bits per heavy atom. The van der Waals surface area contributed by atoms with Gasteiger partial charge < -0.3 is 4.90 Å². The third kappa shape index (κ3) is 3.82. The zero-order chi connectivity index (χ0) is 13.2. The Balaban J connectivity index is 2.65. The third-order valence-corrected chi connectivity index (χ3v) is 4.88. The molecule has 1 aliphatic heterocycles. The minimum Gasteiger partial charge on any atom is -0.340 e. The molecule has 17 heavy (non-hydrogen) atoms. The number of sulfonamides is 1. The van der Waals surface area contributed by atoms with E-state index in [4.69, 9.17) is 11.6 Å². The van der Waals surface area contributed by atoms with Crippen LogP contribution in [-0.2, 0) is 14.8 Å². The molecule has 0 aromatic rings. The van der Waals surface area contributed by atoms with E-state index in [1.165, 1.54) is 4.90 Å². The highest BCUT2D eigenvalue weighted by atomic mass is 35.5. The quantitative estimate of drug-likeness (QED) is 0.766. The summed E-state index contributed by atoms with van der Waals surface area (Å²) in [6, 6.07) is -0.128. The molecule has 5 nitrogen and oxygen atoms in total. The summed E-state index contributed by atoms with van der Waals surface area (Å²) in [5.74, 6) is -0.200. The topological polar surface area (TPSA) is 66.5 Å². The SMILES string of the molecule is CC(C)NS(=O)(=O)C1CCN(C(=O)C(C)Cl)C1. The van der Waals surface area contributed by atoms with E-state index in [-0.39, 0.29) is 18.5 Å². The van der Waals surface area contributed by atoms with Crippen LogP contribution in [0.2, 0.25) is 0 Å². The van der Waals surface area contributed by atoms with Crippen molar-refractivity contribution in [3.05, 3.63) is 0 Å². The van der Waals surface area contributed by atoms with Gasteiger partial charge in [-0.3, -0.25) is 4.79 Å². The first kappa shape index (κ1) is 14.7. The molecule has 1 fully saturated rings. The Morgan fingerprint density at radius 2 is 2.00 bits per heavy atom. The van der Waals surface area contributed by atoms with Crippen molar-refractivity contribution in [1.29, 1.82) is 0 Å². The Morgan fingerprint density at radius 1 is 1.41 bits per heavy atom. The molecule has 1 rings (SSSR count). The average Bonchev–Trinajstić information content (AvgIpc) is 2.63. The summed E-state index contributed by atoms with van der Waals surface area (Å²) in [6.07, 6.45) is 0.470. The predicted molar refractivity (Wildman–Crippen MR) is 67.5 cm³/mol. The lowest BCUT2D eigenvalue weighted by Crippen LogP contribution is -2.41. The molecule has 1 aliphatic rings. The number of carbonyl (C=O) groups is 1. The minimum atomic E-state index is -3.34. The first-order valence-corrected chi connectivity index (χ1v) is 7.66. The monoisotopic (exact) mass is 282 g/mol. The van der Waals surface area contributed by atoms with Gasteiger partial charge in [0.2, 0.25) is 15.9 Å². The van der Waals surface area contributed by atoms with E-state index in [0.29, 0.717) is 13.0 Å². The molecule has 0 bridgehead atoms. The number of carbonyl (C=O) groups excluding carboxylic acids is 1. The maximum atomic E-state index is 11.9. The lowest BCUT2D eigenvalue weighted by molar-refractivity contribution is -0.129. The normalized spacial score (nSPS) is 23.1. The zero-order valence-corrected chi connectivity index (χ0v) is 11.9. The van der Waals surface area contributed by atoms with Gasteiger partial charge >= 0.3 is 0 Å². The number of alkyl halides is 1. The van der Waals surface area contributed by atoms with Crippen LogP contribution >= 0.6 is 11.6 Å². The number of rotatable bonds is 4. The zero-order valence-electron chi connectivity index (χ0n) is 10.3. The minimum absolute atomic E-state index is 0.128. The maximum Gasteiger partial charge on any atom is 0.240 e. The van der Waals surface area contributed by atoms with Gasteiger partial charge in [-0.25, -0.2) is 13.1 Å². The van der Waals surface area contributed by atoms with E-state index in [1.807, 2.05) is 0 Å². The maximum absolute atomic E-state index is 11.9. The van der Waals surface area contributed by atoms with Crippen molar-refractivity contribution in [3.8, 4) is 0 Å². The third-order valence-electron chi connectivity index (χ3n) is 2.64. The van der Waals surface area contributed by atoms with E-state index >= 15 is 0 Å². The van der Waals surface area contributed by atoms with Gasteiger partial charge in [-0.05, 0) is 27.2 Å². The first-order chi connectivity index (χ1) is 7.74. The van der Waals surface area contributed by atoms with Crippen molar-refractivity contribution in [2.75, 3.05) is 13.1 Å². The lowest BCUT2D eigenvalue weighted by atomic mass is 10.4. The molecule has 1 N–H and O–H groups in total. The molecular weight excluding hydrogens is 264 g/mol. The molecular formula is C10H19ClN2O3S. The average molecular weight is 283 g/mol. The van der Waals surface area contributed by atoms with Crippen LogP contribution in [0.25, 0.3) is 0 Å². The lowest BCUT2D eigenvalue weighted by Gasteiger charge is -2.18. The molecule has 0 radical (unpaired) electrons. The van der Waals surface area contributed by atoms with E-state index in [2.05, 4.69) is 4.72 Å².